The summed E-state index contributed by atoms with van der Waals surface area (Å²) in [5, 5.41) is 45.5. The lowest BCUT2D eigenvalue weighted by Gasteiger charge is -2.39. The van der Waals surface area contributed by atoms with Crippen molar-refractivity contribution >= 4 is 5.78 Å². The molecular formula is C8H16O6. The zero-order chi connectivity index (χ0) is 11.6. The van der Waals surface area contributed by atoms with Crippen LogP contribution in [0.25, 0.3) is 0 Å². The number of carbonyl (C=O) groups is 1. The Morgan fingerprint density at radius 1 is 1.29 bits per heavy atom. The fourth-order valence-electron chi connectivity index (χ4n) is 0.938. The Labute approximate surface area is 81.4 Å². The molecule has 0 amide bonds. The zero-order valence-corrected chi connectivity index (χ0v) is 8.14. The predicted octanol–water partition coefficient (Wildman–Crippen LogP) is -2.60. The van der Waals surface area contributed by atoms with Crippen molar-refractivity contribution in [3.8, 4) is 0 Å². The van der Waals surface area contributed by atoms with Gasteiger partial charge in [-0.15, -0.1) is 0 Å². The second-order valence-electron chi connectivity index (χ2n) is 3.50. The monoisotopic (exact) mass is 208 g/mol. The van der Waals surface area contributed by atoms with Gasteiger partial charge < -0.3 is 25.5 Å². The zero-order valence-electron chi connectivity index (χ0n) is 8.14. The highest BCUT2D eigenvalue weighted by molar-refractivity contribution is 5.89. The van der Waals surface area contributed by atoms with Gasteiger partial charge >= 0.3 is 0 Å². The third kappa shape index (κ3) is 2.10. The quantitative estimate of drug-likeness (QED) is 0.338. The van der Waals surface area contributed by atoms with E-state index in [-0.39, 0.29) is 0 Å². The molecule has 0 aromatic carbocycles. The molecule has 0 aromatic heterocycles. The van der Waals surface area contributed by atoms with Gasteiger partial charge in [-0.05, 0) is 13.8 Å². The molecule has 5 N–H and O–H groups in total. The van der Waals surface area contributed by atoms with Gasteiger partial charge in [0.25, 0.3) is 0 Å². The molecule has 0 radical (unpaired) electrons. The van der Waals surface area contributed by atoms with E-state index in [9.17, 15) is 20.1 Å². The van der Waals surface area contributed by atoms with Crippen LogP contribution in [0.4, 0.5) is 0 Å². The standard InChI is InChI=1S/C8H16O6/c1-7(13,5(11)3-9)8(2,14)6(12)4-10/h5,9-11,13-14H,3-4H2,1-2H3/t5-,7-,8-/m1/s1. The van der Waals surface area contributed by atoms with E-state index >= 15 is 0 Å². The van der Waals surface area contributed by atoms with Gasteiger partial charge in [0.1, 0.15) is 18.3 Å². The average Bonchev–Trinajstić information content (AvgIpc) is 2.14. The van der Waals surface area contributed by atoms with Crippen LogP contribution in [0, 0.1) is 0 Å². The van der Waals surface area contributed by atoms with Crippen LogP contribution < -0.4 is 0 Å². The molecule has 3 atom stereocenters. The normalized spacial score (nSPS) is 22.2. The molecule has 0 aliphatic rings. The van der Waals surface area contributed by atoms with Gasteiger partial charge in [-0.1, -0.05) is 0 Å². The molecule has 0 fully saturated rings. The Balaban J connectivity index is 4.95. The van der Waals surface area contributed by atoms with E-state index in [1.165, 1.54) is 0 Å². The average molecular weight is 208 g/mol. The second-order valence-corrected chi connectivity index (χ2v) is 3.50. The third-order valence-electron chi connectivity index (χ3n) is 2.49. The number of hydrogen-bond acceptors (Lipinski definition) is 6. The fraction of sp³-hybridized carbons (Fsp3) is 0.875. The summed E-state index contributed by atoms with van der Waals surface area (Å²) in [6.07, 6.45) is -1.67. The lowest BCUT2D eigenvalue weighted by Crippen LogP contribution is -2.63. The number of aliphatic hydroxyl groups is 5. The van der Waals surface area contributed by atoms with Crippen LogP contribution in [0.1, 0.15) is 13.8 Å². The van der Waals surface area contributed by atoms with Crippen molar-refractivity contribution in [2.45, 2.75) is 31.2 Å². The lowest BCUT2D eigenvalue weighted by atomic mass is 9.79. The van der Waals surface area contributed by atoms with Crippen LogP contribution in [-0.4, -0.2) is 61.8 Å². The smallest absolute Gasteiger partial charge is 0.192 e. The topological polar surface area (TPSA) is 118 Å². The van der Waals surface area contributed by atoms with Crippen LogP contribution in [0.15, 0.2) is 0 Å². The Kier molecular flexibility index (Phi) is 4.16. The van der Waals surface area contributed by atoms with Crippen LogP contribution in [-0.2, 0) is 4.79 Å². The van der Waals surface area contributed by atoms with Gasteiger partial charge in [-0.2, -0.15) is 0 Å². The van der Waals surface area contributed by atoms with Crippen LogP contribution in [0.5, 0.6) is 0 Å². The Hall–Kier alpha value is -0.530. The van der Waals surface area contributed by atoms with Crippen molar-refractivity contribution in [2.24, 2.45) is 0 Å². The molecule has 6 nitrogen and oxygen atoms in total. The first-order valence-electron chi connectivity index (χ1n) is 4.09. The summed E-state index contributed by atoms with van der Waals surface area (Å²) in [7, 11) is 0. The molecule has 0 saturated carbocycles. The molecule has 0 aromatic rings. The minimum absolute atomic E-state index is 0.804. The van der Waals surface area contributed by atoms with Gasteiger partial charge in [0, 0.05) is 0 Å². The molecule has 0 unspecified atom stereocenters. The fourth-order valence-corrected chi connectivity index (χ4v) is 0.938. The Morgan fingerprint density at radius 3 is 2.00 bits per heavy atom. The van der Waals surface area contributed by atoms with E-state index in [1.807, 2.05) is 0 Å². The maximum atomic E-state index is 11.0. The van der Waals surface area contributed by atoms with Crippen LogP contribution in [0.2, 0.25) is 0 Å². The van der Waals surface area contributed by atoms with Crippen molar-refractivity contribution in [1.82, 2.24) is 0 Å². The van der Waals surface area contributed by atoms with E-state index in [2.05, 4.69) is 0 Å². The van der Waals surface area contributed by atoms with Crippen molar-refractivity contribution in [2.75, 3.05) is 13.2 Å². The number of carbonyl (C=O) groups excluding carboxylic acids is 1. The van der Waals surface area contributed by atoms with Gasteiger partial charge in [0.15, 0.2) is 11.4 Å². The van der Waals surface area contributed by atoms with Crippen LogP contribution >= 0.6 is 0 Å². The summed E-state index contributed by atoms with van der Waals surface area (Å²) < 4.78 is 0. The number of rotatable bonds is 5. The molecule has 84 valence electrons. The maximum Gasteiger partial charge on any atom is 0.192 e. The molecule has 14 heavy (non-hydrogen) atoms. The molecular weight excluding hydrogens is 192 g/mol. The molecule has 6 heteroatoms. The van der Waals surface area contributed by atoms with E-state index in [1.54, 1.807) is 0 Å². The van der Waals surface area contributed by atoms with Gasteiger partial charge in [-0.25, -0.2) is 0 Å². The molecule has 0 heterocycles. The minimum atomic E-state index is -2.32. The first-order chi connectivity index (χ1) is 6.21. The number of aliphatic hydroxyl groups excluding tert-OH is 3. The Morgan fingerprint density at radius 2 is 1.71 bits per heavy atom. The van der Waals surface area contributed by atoms with E-state index in [4.69, 9.17) is 10.2 Å². The number of ketones is 1. The van der Waals surface area contributed by atoms with Gasteiger partial charge in [0.05, 0.1) is 6.61 Å². The van der Waals surface area contributed by atoms with Gasteiger partial charge in [-0.3, -0.25) is 4.79 Å². The Bertz CT molecular complexity index is 210. The number of hydrogen-bond donors (Lipinski definition) is 5. The van der Waals surface area contributed by atoms with Crippen molar-refractivity contribution in [3.63, 3.8) is 0 Å². The third-order valence-corrected chi connectivity index (χ3v) is 2.49. The van der Waals surface area contributed by atoms with Crippen LogP contribution in [0.3, 0.4) is 0 Å². The largest absolute Gasteiger partial charge is 0.394 e. The molecule has 0 aliphatic heterocycles. The summed E-state index contributed by atoms with van der Waals surface area (Å²) in [5.41, 5.74) is -4.54. The molecule has 0 rings (SSSR count). The summed E-state index contributed by atoms with van der Waals surface area (Å²) in [6.45, 7) is 0.203. The summed E-state index contributed by atoms with van der Waals surface area (Å²) in [6, 6.07) is 0. The molecule has 0 aliphatic carbocycles. The van der Waals surface area contributed by atoms with E-state index in [0.717, 1.165) is 13.8 Å². The molecule has 0 saturated heterocycles. The summed E-state index contributed by atoms with van der Waals surface area (Å²) in [5.74, 6) is -1.03. The van der Waals surface area contributed by atoms with Gasteiger partial charge in [0.2, 0.25) is 0 Å². The lowest BCUT2D eigenvalue weighted by molar-refractivity contribution is -0.198. The predicted molar refractivity (Wildman–Crippen MR) is 46.4 cm³/mol. The van der Waals surface area contributed by atoms with E-state index in [0.29, 0.717) is 0 Å². The van der Waals surface area contributed by atoms with Crippen molar-refractivity contribution in [3.05, 3.63) is 0 Å². The highest BCUT2D eigenvalue weighted by atomic mass is 16.4. The highest BCUT2D eigenvalue weighted by Crippen LogP contribution is 2.26. The molecule has 0 bridgehead atoms. The summed E-state index contributed by atoms with van der Waals surface area (Å²) >= 11 is 0. The molecule has 0 spiro atoms. The number of Topliss-reactive ketones (excluding diaryl/α,β-unsaturated/α-hetero) is 1. The highest BCUT2D eigenvalue weighted by Gasteiger charge is 2.51. The first-order valence-corrected chi connectivity index (χ1v) is 4.09. The SMILES string of the molecule is C[C@@](O)(C(=O)CO)[C@](C)(O)[C@H](O)CO. The minimum Gasteiger partial charge on any atom is -0.394 e. The van der Waals surface area contributed by atoms with Crippen molar-refractivity contribution in [1.29, 1.82) is 0 Å². The van der Waals surface area contributed by atoms with Crippen molar-refractivity contribution < 1.29 is 30.3 Å². The second kappa shape index (κ2) is 4.33. The maximum absolute atomic E-state index is 11.0. The summed E-state index contributed by atoms with van der Waals surface area (Å²) in [4.78, 5) is 11.0. The van der Waals surface area contributed by atoms with E-state index < -0.39 is 36.3 Å². The first kappa shape index (κ1) is 13.5.